The predicted octanol–water partition coefficient (Wildman–Crippen LogP) is 2.71. The van der Waals surface area contributed by atoms with Gasteiger partial charge in [0.15, 0.2) is 0 Å². The van der Waals surface area contributed by atoms with Gasteiger partial charge in [0.1, 0.15) is 23.4 Å². The van der Waals surface area contributed by atoms with Crippen molar-refractivity contribution in [1.82, 2.24) is 30.4 Å². The lowest BCUT2D eigenvalue weighted by atomic mass is 10.1. The number of anilines is 1. The molecular weight excluding hydrogens is 346 g/mol. The van der Waals surface area contributed by atoms with Crippen molar-refractivity contribution >= 4 is 16.7 Å². The van der Waals surface area contributed by atoms with Crippen molar-refractivity contribution in [1.29, 1.82) is 0 Å². The van der Waals surface area contributed by atoms with Gasteiger partial charge < -0.3 is 14.5 Å². The van der Waals surface area contributed by atoms with Crippen LogP contribution in [0, 0.1) is 13.8 Å². The number of methoxy groups -OCH3 is 1. The normalized spacial score (nSPS) is 10.9. The zero-order valence-corrected chi connectivity index (χ0v) is 15.1. The van der Waals surface area contributed by atoms with Crippen molar-refractivity contribution in [2.75, 3.05) is 12.4 Å². The quantitative estimate of drug-likeness (QED) is 0.572. The first-order chi connectivity index (χ1) is 13.1. The van der Waals surface area contributed by atoms with E-state index in [2.05, 4.69) is 35.7 Å². The van der Waals surface area contributed by atoms with Crippen molar-refractivity contribution in [2.24, 2.45) is 0 Å². The molecule has 4 rings (SSSR count). The smallest absolute Gasteiger partial charge is 0.247 e. The number of ether oxygens (including phenoxy) is 1. The van der Waals surface area contributed by atoms with Crippen LogP contribution in [0.1, 0.15) is 17.3 Å². The molecule has 0 amide bonds. The van der Waals surface area contributed by atoms with E-state index in [4.69, 9.17) is 9.15 Å². The highest BCUT2D eigenvalue weighted by Crippen LogP contribution is 2.33. The summed E-state index contributed by atoms with van der Waals surface area (Å²) >= 11 is 0. The van der Waals surface area contributed by atoms with Crippen LogP contribution in [0.25, 0.3) is 22.4 Å². The Morgan fingerprint density at radius 2 is 1.93 bits per heavy atom. The fraction of sp³-hybridized carbons (Fsp3) is 0.222. The third-order valence-corrected chi connectivity index (χ3v) is 3.99. The first-order valence-corrected chi connectivity index (χ1v) is 8.30. The largest absolute Gasteiger partial charge is 0.494 e. The van der Waals surface area contributed by atoms with Crippen molar-refractivity contribution in [2.45, 2.75) is 20.4 Å². The summed E-state index contributed by atoms with van der Waals surface area (Å²) in [6.45, 7) is 4.12. The average molecular weight is 363 g/mol. The van der Waals surface area contributed by atoms with Crippen LogP contribution in [0.3, 0.4) is 0 Å². The molecule has 0 atom stereocenters. The second-order valence-corrected chi connectivity index (χ2v) is 5.94. The average Bonchev–Trinajstić information content (AvgIpc) is 3.13. The molecule has 1 aromatic carbocycles. The van der Waals surface area contributed by atoms with E-state index in [1.54, 1.807) is 14.0 Å². The topological polar surface area (TPSA) is 112 Å². The van der Waals surface area contributed by atoms with E-state index in [0.717, 1.165) is 22.3 Å². The highest BCUT2D eigenvalue weighted by atomic mass is 16.5. The molecule has 1 N–H and O–H groups in total. The van der Waals surface area contributed by atoms with E-state index in [9.17, 15) is 0 Å². The molecule has 0 unspecified atom stereocenters. The minimum atomic E-state index is 0.409. The third-order valence-electron chi connectivity index (χ3n) is 3.99. The minimum absolute atomic E-state index is 0.409. The summed E-state index contributed by atoms with van der Waals surface area (Å²) in [5.41, 5.74) is 3.09. The number of benzene rings is 1. The molecule has 136 valence electrons. The lowest BCUT2D eigenvalue weighted by Crippen LogP contribution is -2.05. The Bertz CT molecular complexity index is 1090. The number of fused-ring (bicyclic) bond motifs is 1. The summed E-state index contributed by atoms with van der Waals surface area (Å²) in [4.78, 5) is 8.71. The highest BCUT2D eigenvalue weighted by molar-refractivity contribution is 5.95. The van der Waals surface area contributed by atoms with Gasteiger partial charge in [-0.1, -0.05) is 0 Å². The molecule has 0 saturated carbocycles. The molecule has 0 spiro atoms. The lowest BCUT2D eigenvalue weighted by Gasteiger charge is -2.11. The zero-order chi connectivity index (χ0) is 18.8. The second kappa shape index (κ2) is 6.94. The summed E-state index contributed by atoms with van der Waals surface area (Å²) in [5.74, 6) is 2.15. The standard InChI is InChI=1S/C18H17N7O2/c1-10-4-5-13(24-22-10)8-19-17-14-6-12(18-25-23-11(2)27-18)7-15(26-3)16(14)20-9-21-17/h4-7,9H,8H2,1-3H3,(H,19,20,21). The van der Waals surface area contributed by atoms with Crippen molar-refractivity contribution in [3.05, 3.63) is 47.9 Å². The van der Waals surface area contributed by atoms with Gasteiger partial charge in [0, 0.05) is 17.9 Å². The third kappa shape index (κ3) is 3.39. The van der Waals surface area contributed by atoms with Crippen molar-refractivity contribution in [3.63, 3.8) is 0 Å². The maximum atomic E-state index is 5.54. The Balaban J connectivity index is 1.74. The van der Waals surface area contributed by atoms with Crippen LogP contribution in [-0.4, -0.2) is 37.5 Å². The molecule has 0 saturated heterocycles. The molecule has 0 bridgehead atoms. The van der Waals surface area contributed by atoms with Crippen molar-refractivity contribution in [3.8, 4) is 17.2 Å². The number of nitrogens with zero attached hydrogens (tertiary/aromatic N) is 6. The van der Waals surface area contributed by atoms with Crippen LogP contribution in [0.2, 0.25) is 0 Å². The number of aromatic nitrogens is 6. The van der Waals surface area contributed by atoms with Crippen LogP contribution in [-0.2, 0) is 6.54 Å². The second-order valence-electron chi connectivity index (χ2n) is 5.94. The molecule has 0 aliphatic heterocycles. The lowest BCUT2D eigenvalue weighted by molar-refractivity contribution is 0.418. The van der Waals surface area contributed by atoms with Gasteiger partial charge in [0.25, 0.3) is 0 Å². The first-order valence-electron chi connectivity index (χ1n) is 8.30. The van der Waals surface area contributed by atoms with E-state index in [1.165, 1.54) is 6.33 Å². The molecule has 4 aromatic rings. The van der Waals surface area contributed by atoms with Gasteiger partial charge in [-0.3, -0.25) is 0 Å². The monoisotopic (exact) mass is 363 g/mol. The SMILES string of the molecule is COc1cc(-c2nnc(C)o2)cc2c(NCc3ccc(C)nn3)ncnc12. The van der Waals surface area contributed by atoms with Crippen LogP contribution in [0.5, 0.6) is 5.75 Å². The molecule has 0 radical (unpaired) electrons. The molecule has 0 aliphatic carbocycles. The summed E-state index contributed by atoms with van der Waals surface area (Å²) in [5, 5.41) is 20.3. The summed E-state index contributed by atoms with van der Waals surface area (Å²) in [6.07, 6.45) is 1.49. The van der Waals surface area contributed by atoms with Gasteiger partial charge in [-0.25, -0.2) is 9.97 Å². The fourth-order valence-electron chi connectivity index (χ4n) is 2.66. The van der Waals surface area contributed by atoms with Gasteiger partial charge in [0.2, 0.25) is 11.8 Å². The Labute approximate surface area is 154 Å². The van der Waals surface area contributed by atoms with E-state index in [-0.39, 0.29) is 0 Å². The van der Waals surface area contributed by atoms with Crippen LogP contribution >= 0.6 is 0 Å². The van der Waals surface area contributed by atoms with Crippen LogP contribution in [0.4, 0.5) is 5.82 Å². The van der Waals surface area contributed by atoms with Crippen LogP contribution in [0.15, 0.2) is 35.0 Å². The van der Waals surface area contributed by atoms with Gasteiger partial charge >= 0.3 is 0 Å². The molecule has 3 aromatic heterocycles. The summed E-state index contributed by atoms with van der Waals surface area (Å²) in [7, 11) is 1.59. The molecule has 27 heavy (non-hydrogen) atoms. The molecule has 3 heterocycles. The Hall–Kier alpha value is -3.62. The number of nitrogens with one attached hydrogen (secondary N) is 1. The Morgan fingerprint density at radius 1 is 1.04 bits per heavy atom. The maximum Gasteiger partial charge on any atom is 0.247 e. The number of hydrogen-bond acceptors (Lipinski definition) is 9. The van der Waals surface area contributed by atoms with E-state index in [0.29, 0.717) is 35.4 Å². The van der Waals surface area contributed by atoms with Gasteiger partial charge in [-0.05, 0) is 31.2 Å². The molecule has 0 aliphatic rings. The van der Waals surface area contributed by atoms with E-state index in [1.807, 2.05) is 31.2 Å². The number of hydrogen-bond donors (Lipinski definition) is 1. The summed E-state index contributed by atoms with van der Waals surface area (Å²) < 4.78 is 11.0. The molecule has 0 fully saturated rings. The Morgan fingerprint density at radius 3 is 2.63 bits per heavy atom. The highest BCUT2D eigenvalue weighted by Gasteiger charge is 2.15. The van der Waals surface area contributed by atoms with Gasteiger partial charge in [-0.15, -0.1) is 10.2 Å². The number of rotatable bonds is 5. The van der Waals surface area contributed by atoms with E-state index >= 15 is 0 Å². The number of aryl methyl sites for hydroxylation is 2. The van der Waals surface area contributed by atoms with Gasteiger partial charge in [-0.2, -0.15) is 10.2 Å². The van der Waals surface area contributed by atoms with Crippen LogP contribution < -0.4 is 10.1 Å². The fourth-order valence-corrected chi connectivity index (χ4v) is 2.66. The predicted molar refractivity (Wildman–Crippen MR) is 98.2 cm³/mol. The zero-order valence-electron chi connectivity index (χ0n) is 15.1. The van der Waals surface area contributed by atoms with Crippen molar-refractivity contribution < 1.29 is 9.15 Å². The van der Waals surface area contributed by atoms with Gasteiger partial charge in [0.05, 0.1) is 25.0 Å². The molecule has 9 nitrogen and oxygen atoms in total. The maximum absolute atomic E-state index is 5.54. The molecule has 9 heteroatoms. The molecular formula is C18H17N7O2. The van der Waals surface area contributed by atoms with E-state index < -0.39 is 0 Å². The minimum Gasteiger partial charge on any atom is -0.494 e. The first kappa shape index (κ1) is 16.8. The Kier molecular flexibility index (Phi) is 4.33. The summed E-state index contributed by atoms with van der Waals surface area (Å²) in [6, 6.07) is 7.55.